The number of nitro groups is 1. The lowest BCUT2D eigenvalue weighted by molar-refractivity contribution is -0.385. The van der Waals surface area contributed by atoms with Crippen LogP contribution in [0.15, 0.2) is 29.1 Å². The highest BCUT2D eigenvalue weighted by atomic mass is 79.9. The Hall–Kier alpha value is -2.29. The van der Waals surface area contributed by atoms with E-state index in [0.29, 0.717) is 4.47 Å². The van der Waals surface area contributed by atoms with Crippen LogP contribution >= 0.6 is 15.9 Å². The summed E-state index contributed by atoms with van der Waals surface area (Å²) < 4.78 is 1.60. The van der Waals surface area contributed by atoms with Crippen molar-refractivity contribution in [3.05, 3.63) is 44.8 Å². The van der Waals surface area contributed by atoms with Gasteiger partial charge in [-0.25, -0.2) is 9.67 Å². The Labute approximate surface area is 109 Å². The Kier molecular flexibility index (Phi) is 3.06. The second-order valence-corrected chi connectivity index (χ2v) is 4.21. The number of hydrogen-bond acceptors (Lipinski definition) is 5. The van der Waals surface area contributed by atoms with Crippen molar-refractivity contribution in [1.29, 1.82) is 0 Å². The van der Waals surface area contributed by atoms with Gasteiger partial charge in [0.15, 0.2) is 0 Å². The zero-order chi connectivity index (χ0) is 13.3. The van der Waals surface area contributed by atoms with E-state index in [2.05, 4.69) is 26.0 Å². The van der Waals surface area contributed by atoms with Gasteiger partial charge in [-0.1, -0.05) is 0 Å². The van der Waals surface area contributed by atoms with E-state index in [1.54, 1.807) is 0 Å². The molecule has 2 N–H and O–H groups in total. The smallest absolute Gasteiger partial charge is 0.314 e. The van der Waals surface area contributed by atoms with Gasteiger partial charge >= 0.3 is 5.69 Å². The minimum atomic E-state index is -0.666. The molecule has 2 rings (SSSR count). The lowest BCUT2D eigenvalue weighted by Gasteiger charge is -2.01. The second-order valence-electron chi connectivity index (χ2n) is 3.29. The number of nitrogens with two attached hydrogens (primary N) is 1. The topological polar surface area (TPSA) is 117 Å². The molecule has 2 aromatic rings. The maximum Gasteiger partial charge on any atom is 0.314 e. The fourth-order valence-electron chi connectivity index (χ4n) is 1.30. The Morgan fingerprint density at radius 2 is 2.22 bits per heavy atom. The van der Waals surface area contributed by atoms with Crippen molar-refractivity contribution in [3.8, 4) is 5.82 Å². The standard InChI is InChI=1S/C9H6BrN5O3/c10-6-1-7(15(17)18)9(12-3-6)14-4-5(2-13-14)8(11)16/h1-4H,(H2,11,16). The van der Waals surface area contributed by atoms with E-state index in [1.165, 1.54) is 24.7 Å². The molecule has 0 spiro atoms. The molecule has 0 bridgehead atoms. The second kappa shape index (κ2) is 4.53. The molecule has 0 saturated heterocycles. The molecule has 18 heavy (non-hydrogen) atoms. The largest absolute Gasteiger partial charge is 0.366 e. The van der Waals surface area contributed by atoms with Crippen molar-refractivity contribution < 1.29 is 9.72 Å². The van der Waals surface area contributed by atoms with E-state index in [4.69, 9.17) is 5.73 Å². The molecule has 0 aliphatic carbocycles. The van der Waals surface area contributed by atoms with Crippen molar-refractivity contribution in [2.24, 2.45) is 5.73 Å². The van der Waals surface area contributed by atoms with E-state index in [1.807, 2.05) is 0 Å². The van der Waals surface area contributed by atoms with Gasteiger partial charge in [0, 0.05) is 22.9 Å². The van der Waals surface area contributed by atoms with E-state index in [9.17, 15) is 14.9 Å². The Morgan fingerprint density at radius 3 is 2.78 bits per heavy atom. The summed E-state index contributed by atoms with van der Waals surface area (Å²) in [5.74, 6) is -0.656. The summed E-state index contributed by atoms with van der Waals surface area (Å²) in [6.45, 7) is 0. The van der Waals surface area contributed by atoms with Gasteiger partial charge in [0.2, 0.25) is 5.82 Å². The molecule has 0 saturated carbocycles. The third-order valence-electron chi connectivity index (χ3n) is 2.09. The summed E-state index contributed by atoms with van der Waals surface area (Å²) in [4.78, 5) is 25.1. The van der Waals surface area contributed by atoms with Crippen molar-refractivity contribution in [2.45, 2.75) is 0 Å². The fraction of sp³-hybridized carbons (Fsp3) is 0. The maximum absolute atomic E-state index is 10.9. The van der Waals surface area contributed by atoms with Gasteiger partial charge in [0.05, 0.1) is 16.7 Å². The first kappa shape index (κ1) is 12.2. The summed E-state index contributed by atoms with van der Waals surface area (Å²) in [5, 5.41) is 14.7. The van der Waals surface area contributed by atoms with Gasteiger partial charge in [0.25, 0.3) is 5.91 Å². The molecule has 1 amide bonds. The van der Waals surface area contributed by atoms with Crippen LogP contribution < -0.4 is 5.73 Å². The quantitative estimate of drug-likeness (QED) is 0.671. The normalized spacial score (nSPS) is 10.3. The summed E-state index contributed by atoms with van der Waals surface area (Å²) >= 11 is 3.09. The van der Waals surface area contributed by atoms with Crippen molar-refractivity contribution in [1.82, 2.24) is 14.8 Å². The monoisotopic (exact) mass is 311 g/mol. The number of carbonyl (C=O) groups is 1. The number of nitrogens with zero attached hydrogens (tertiary/aromatic N) is 4. The van der Waals surface area contributed by atoms with Crippen LogP contribution in [-0.2, 0) is 0 Å². The Morgan fingerprint density at radius 1 is 1.50 bits per heavy atom. The SMILES string of the molecule is NC(=O)c1cnn(-c2ncc(Br)cc2[N+](=O)[O-])c1. The average Bonchev–Trinajstić information content (AvgIpc) is 2.78. The number of amides is 1. The molecule has 0 radical (unpaired) electrons. The van der Waals surface area contributed by atoms with Crippen LogP contribution in [0.3, 0.4) is 0 Å². The summed E-state index contributed by atoms with van der Waals surface area (Å²) in [5.41, 5.74) is 4.99. The number of primary amides is 1. The number of pyridine rings is 1. The minimum Gasteiger partial charge on any atom is -0.366 e. The van der Waals surface area contributed by atoms with Crippen LogP contribution in [0.25, 0.3) is 5.82 Å². The summed E-state index contributed by atoms with van der Waals surface area (Å²) in [6.07, 6.45) is 3.90. The highest BCUT2D eigenvalue weighted by Gasteiger charge is 2.19. The molecule has 0 aliphatic rings. The number of carbonyl (C=O) groups excluding carboxylic acids is 1. The van der Waals surface area contributed by atoms with Crippen LogP contribution in [0.2, 0.25) is 0 Å². The molecular weight excluding hydrogens is 306 g/mol. The van der Waals surface area contributed by atoms with Gasteiger partial charge < -0.3 is 5.73 Å². The van der Waals surface area contributed by atoms with Crippen molar-refractivity contribution >= 4 is 27.5 Å². The highest BCUT2D eigenvalue weighted by molar-refractivity contribution is 9.10. The van der Waals surface area contributed by atoms with Crippen LogP contribution in [0.4, 0.5) is 5.69 Å². The van der Waals surface area contributed by atoms with E-state index >= 15 is 0 Å². The number of hydrogen-bond donors (Lipinski definition) is 1. The molecule has 0 fully saturated rings. The van der Waals surface area contributed by atoms with Crippen LogP contribution in [0.5, 0.6) is 0 Å². The summed E-state index contributed by atoms with van der Waals surface area (Å²) in [7, 11) is 0. The molecule has 2 aromatic heterocycles. The van der Waals surface area contributed by atoms with Crippen LogP contribution in [0.1, 0.15) is 10.4 Å². The van der Waals surface area contributed by atoms with Crippen molar-refractivity contribution in [3.63, 3.8) is 0 Å². The average molecular weight is 312 g/mol. The third kappa shape index (κ3) is 2.20. The predicted octanol–water partition coefficient (Wildman–Crippen LogP) is 1.04. The van der Waals surface area contributed by atoms with Crippen LogP contribution in [-0.4, -0.2) is 25.6 Å². The Bertz CT molecular complexity index is 639. The lowest BCUT2D eigenvalue weighted by atomic mass is 10.3. The molecule has 92 valence electrons. The molecule has 0 unspecified atom stereocenters. The first-order chi connectivity index (χ1) is 8.49. The third-order valence-corrected chi connectivity index (χ3v) is 2.53. The molecule has 2 heterocycles. The van der Waals surface area contributed by atoms with Gasteiger partial charge in [-0.2, -0.15) is 5.10 Å². The van der Waals surface area contributed by atoms with Gasteiger partial charge in [0.1, 0.15) is 0 Å². The zero-order valence-electron chi connectivity index (χ0n) is 8.78. The van der Waals surface area contributed by atoms with Gasteiger partial charge in [-0.3, -0.25) is 14.9 Å². The van der Waals surface area contributed by atoms with E-state index in [-0.39, 0.29) is 17.1 Å². The number of aromatic nitrogens is 3. The lowest BCUT2D eigenvalue weighted by Crippen LogP contribution is -2.09. The molecule has 0 atom stereocenters. The minimum absolute atomic E-state index is 0.00991. The molecular formula is C9H6BrN5O3. The summed E-state index contributed by atoms with van der Waals surface area (Å²) in [6, 6.07) is 1.30. The number of rotatable bonds is 3. The Balaban J connectivity index is 2.55. The van der Waals surface area contributed by atoms with Gasteiger partial charge in [-0.05, 0) is 15.9 Å². The first-order valence-electron chi connectivity index (χ1n) is 4.64. The predicted molar refractivity (Wildman–Crippen MR) is 64.2 cm³/mol. The molecule has 9 heteroatoms. The van der Waals surface area contributed by atoms with E-state index < -0.39 is 10.8 Å². The van der Waals surface area contributed by atoms with Crippen LogP contribution in [0, 0.1) is 10.1 Å². The highest BCUT2D eigenvalue weighted by Crippen LogP contribution is 2.23. The fourth-order valence-corrected chi connectivity index (χ4v) is 1.62. The first-order valence-corrected chi connectivity index (χ1v) is 5.43. The molecule has 0 aliphatic heterocycles. The van der Waals surface area contributed by atoms with Crippen molar-refractivity contribution in [2.75, 3.05) is 0 Å². The number of halogens is 1. The van der Waals surface area contributed by atoms with E-state index in [0.717, 1.165) is 4.68 Å². The molecule has 0 aromatic carbocycles. The molecule has 8 nitrogen and oxygen atoms in total. The van der Waals surface area contributed by atoms with Gasteiger partial charge in [-0.15, -0.1) is 0 Å². The maximum atomic E-state index is 10.9. The zero-order valence-corrected chi connectivity index (χ0v) is 10.4.